The van der Waals surface area contributed by atoms with Crippen molar-refractivity contribution >= 4 is 29.7 Å². The SMILES string of the molecule is COC(C)C(=O)Nc1cccc(NC2CCCC2C2COCCN2)c1.Cl. The highest BCUT2D eigenvalue weighted by Gasteiger charge is 2.34. The van der Waals surface area contributed by atoms with Crippen molar-refractivity contribution in [3.8, 4) is 0 Å². The lowest BCUT2D eigenvalue weighted by Gasteiger charge is -2.33. The van der Waals surface area contributed by atoms with Gasteiger partial charge in [0.1, 0.15) is 6.10 Å². The number of benzene rings is 1. The Morgan fingerprint density at radius 1 is 1.35 bits per heavy atom. The molecule has 0 bridgehead atoms. The molecule has 3 rings (SSSR count). The Morgan fingerprint density at radius 2 is 2.15 bits per heavy atom. The van der Waals surface area contributed by atoms with Gasteiger partial charge in [-0.3, -0.25) is 4.79 Å². The van der Waals surface area contributed by atoms with Gasteiger partial charge >= 0.3 is 0 Å². The molecule has 4 unspecified atom stereocenters. The summed E-state index contributed by atoms with van der Waals surface area (Å²) in [7, 11) is 1.53. The van der Waals surface area contributed by atoms with E-state index in [1.54, 1.807) is 6.92 Å². The van der Waals surface area contributed by atoms with Crippen LogP contribution < -0.4 is 16.0 Å². The van der Waals surface area contributed by atoms with E-state index in [0.717, 1.165) is 31.1 Å². The summed E-state index contributed by atoms with van der Waals surface area (Å²) in [6, 6.07) is 8.76. The zero-order valence-corrected chi connectivity index (χ0v) is 16.3. The second-order valence-electron chi connectivity index (χ2n) is 6.93. The van der Waals surface area contributed by atoms with Crippen molar-refractivity contribution in [1.29, 1.82) is 0 Å². The Labute approximate surface area is 161 Å². The number of carbonyl (C=O) groups is 1. The van der Waals surface area contributed by atoms with Crippen LogP contribution in [0, 0.1) is 5.92 Å². The van der Waals surface area contributed by atoms with Crippen molar-refractivity contribution in [2.45, 2.75) is 44.4 Å². The van der Waals surface area contributed by atoms with E-state index in [2.05, 4.69) is 22.0 Å². The van der Waals surface area contributed by atoms with Crippen molar-refractivity contribution in [3.63, 3.8) is 0 Å². The third-order valence-electron chi connectivity index (χ3n) is 5.24. The van der Waals surface area contributed by atoms with Crippen LogP contribution in [0.5, 0.6) is 0 Å². The maximum absolute atomic E-state index is 12.0. The molecule has 0 aromatic heterocycles. The lowest BCUT2D eigenvalue weighted by molar-refractivity contribution is -0.124. The fourth-order valence-corrected chi connectivity index (χ4v) is 3.76. The molecule has 2 aliphatic rings. The second-order valence-corrected chi connectivity index (χ2v) is 6.93. The van der Waals surface area contributed by atoms with E-state index in [-0.39, 0.29) is 18.3 Å². The highest BCUT2D eigenvalue weighted by molar-refractivity contribution is 5.94. The molecular formula is C19H30ClN3O3. The van der Waals surface area contributed by atoms with Crippen molar-refractivity contribution in [2.24, 2.45) is 5.92 Å². The van der Waals surface area contributed by atoms with E-state index in [1.165, 1.54) is 26.4 Å². The molecule has 4 atom stereocenters. The van der Waals surface area contributed by atoms with Crippen molar-refractivity contribution in [2.75, 3.05) is 37.5 Å². The minimum absolute atomic E-state index is 0. The minimum Gasteiger partial charge on any atom is -0.382 e. The molecule has 1 aliphatic heterocycles. The van der Waals surface area contributed by atoms with E-state index < -0.39 is 6.10 Å². The Morgan fingerprint density at radius 3 is 2.88 bits per heavy atom. The number of rotatable bonds is 6. The summed E-state index contributed by atoms with van der Waals surface area (Å²) < 4.78 is 10.7. The summed E-state index contributed by atoms with van der Waals surface area (Å²) in [5.41, 5.74) is 1.82. The monoisotopic (exact) mass is 383 g/mol. The third kappa shape index (κ3) is 5.33. The predicted octanol–water partition coefficient (Wildman–Crippen LogP) is 2.65. The van der Waals surface area contributed by atoms with E-state index in [9.17, 15) is 4.79 Å². The second kappa shape index (κ2) is 10.1. The van der Waals surface area contributed by atoms with Gasteiger partial charge < -0.3 is 25.4 Å². The Bertz CT molecular complexity index is 581. The number of carbonyl (C=O) groups excluding carboxylic acids is 1. The first-order chi connectivity index (χ1) is 12.2. The first-order valence-electron chi connectivity index (χ1n) is 9.19. The molecule has 1 saturated carbocycles. The van der Waals surface area contributed by atoms with Crippen LogP contribution >= 0.6 is 12.4 Å². The maximum Gasteiger partial charge on any atom is 0.253 e. The molecule has 1 saturated heterocycles. The normalized spacial score (nSPS) is 26.6. The topological polar surface area (TPSA) is 71.6 Å². The zero-order chi connectivity index (χ0) is 17.6. The van der Waals surface area contributed by atoms with Gasteiger partial charge in [0.25, 0.3) is 5.91 Å². The average molecular weight is 384 g/mol. The number of hydrogen-bond acceptors (Lipinski definition) is 5. The molecule has 7 heteroatoms. The van der Waals surface area contributed by atoms with Gasteiger partial charge in [0, 0.05) is 37.1 Å². The fourth-order valence-electron chi connectivity index (χ4n) is 3.76. The van der Waals surface area contributed by atoms with Crippen LogP contribution in [-0.4, -0.2) is 51.0 Å². The molecule has 1 heterocycles. The molecular weight excluding hydrogens is 354 g/mol. The number of morpholine rings is 1. The quantitative estimate of drug-likeness (QED) is 0.704. The zero-order valence-electron chi connectivity index (χ0n) is 15.5. The number of anilines is 2. The average Bonchev–Trinajstić information content (AvgIpc) is 3.10. The summed E-state index contributed by atoms with van der Waals surface area (Å²) in [5.74, 6) is 0.439. The molecule has 0 radical (unpaired) electrons. The number of ether oxygens (including phenoxy) is 2. The van der Waals surface area contributed by atoms with Crippen molar-refractivity contribution < 1.29 is 14.3 Å². The smallest absolute Gasteiger partial charge is 0.253 e. The van der Waals surface area contributed by atoms with Crippen LogP contribution in [0.2, 0.25) is 0 Å². The van der Waals surface area contributed by atoms with Gasteiger partial charge in [0.15, 0.2) is 0 Å². The van der Waals surface area contributed by atoms with Crippen LogP contribution in [0.3, 0.4) is 0 Å². The van der Waals surface area contributed by atoms with Gasteiger partial charge in [0.05, 0.1) is 13.2 Å². The summed E-state index contributed by atoms with van der Waals surface area (Å²) in [6.07, 6.45) is 3.16. The minimum atomic E-state index is -0.465. The number of methoxy groups -OCH3 is 1. The number of hydrogen-bond donors (Lipinski definition) is 3. The number of amides is 1. The molecule has 26 heavy (non-hydrogen) atoms. The number of nitrogens with one attached hydrogen (secondary N) is 3. The van der Waals surface area contributed by atoms with Gasteiger partial charge in [-0.1, -0.05) is 12.5 Å². The molecule has 6 nitrogen and oxygen atoms in total. The predicted molar refractivity (Wildman–Crippen MR) is 106 cm³/mol. The van der Waals surface area contributed by atoms with Crippen LogP contribution in [0.15, 0.2) is 24.3 Å². The van der Waals surface area contributed by atoms with Crippen LogP contribution in [0.1, 0.15) is 26.2 Å². The Hall–Kier alpha value is -1.34. The van der Waals surface area contributed by atoms with Gasteiger partial charge in [-0.15, -0.1) is 12.4 Å². The summed E-state index contributed by atoms with van der Waals surface area (Å²) >= 11 is 0. The van der Waals surface area contributed by atoms with Crippen LogP contribution in [-0.2, 0) is 14.3 Å². The van der Waals surface area contributed by atoms with Gasteiger partial charge in [-0.25, -0.2) is 0 Å². The van der Waals surface area contributed by atoms with Crippen molar-refractivity contribution in [1.82, 2.24) is 5.32 Å². The molecule has 3 N–H and O–H groups in total. The molecule has 1 aliphatic carbocycles. The van der Waals surface area contributed by atoms with E-state index in [1.807, 2.05) is 18.2 Å². The molecule has 1 aromatic carbocycles. The first kappa shape index (κ1) is 21.0. The molecule has 2 fully saturated rings. The number of halogens is 1. The third-order valence-corrected chi connectivity index (χ3v) is 5.24. The molecule has 146 valence electrons. The van der Waals surface area contributed by atoms with E-state index >= 15 is 0 Å². The molecule has 0 spiro atoms. The Balaban J connectivity index is 0.00000243. The van der Waals surface area contributed by atoms with Crippen LogP contribution in [0.4, 0.5) is 11.4 Å². The summed E-state index contributed by atoms with van der Waals surface area (Å²) in [4.78, 5) is 12.0. The highest BCUT2D eigenvalue weighted by atomic mass is 35.5. The van der Waals surface area contributed by atoms with E-state index in [4.69, 9.17) is 9.47 Å². The molecule has 1 aromatic rings. The Kier molecular flexibility index (Phi) is 8.15. The molecule has 1 amide bonds. The van der Waals surface area contributed by atoms with Gasteiger partial charge in [-0.05, 0) is 43.9 Å². The standard InChI is InChI=1S/C19H29N3O3.ClH/c1-13(24-2)19(23)22-15-6-3-5-14(11-15)21-17-8-4-7-16(17)18-12-25-10-9-20-18;/h3,5-6,11,13,16-18,20-21H,4,7-10,12H2,1-2H3,(H,22,23);1H. The van der Waals surface area contributed by atoms with E-state index in [0.29, 0.717) is 18.0 Å². The van der Waals surface area contributed by atoms with Crippen molar-refractivity contribution in [3.05, 3.63) is 24.3 Å². The maximum atomic E-state index is 12.0. The van der Waals surface area contributed by atoms with Gasteiger partial charge in [-0.2, -0.15) is 0 Å². The van der Waals surface area contributed by atoms with Crippen LogP contribution in [0.25, 0.3) is 0 Å². The van der Waals surface area contributed by atoms with Gasteiger partial charge in [0.2, 0.25) is 0 Å². The highest BCUT2D eigenvalue weighted by Crippen LogP contribution is 2.32. The largest absolute Gasteiger partial charge is 0.382 e. The lowest BCUT2D eigenvalue weighted by Crippen LogP contribution is -2.49. The summed E-state index contributed by atoms with van der Waals surface area (Å²) in [5, 5.41) is 10.2. The first-order valence-corrected chi connectivity index (χ1v) is 9.19. The fraction of sp³-hybridized carbons (Fsp3) is 0.632. The lowest BCUT2D eigenvalue weighted by atomic mass is 9.94. The summed E-state index contributed by atoms with van der Waals surface area (Å²) in [6.45, 7) is 4.28.